The van der Waals surface area contributed by atoms with Crippen LogP contribution in [0.15, 0.2) is 65.4 Å². The third-order valence-electron chi connectivity index (χ3n) is 0. The summed E-state index contributed by atoms with van der Waals surface area (Å²) < 4.78 is 0. The first kappa shape index (κ1) is 33.9. The SMILES string of the molecule is C=C.C=C.C=C.C=C.C=CN. The van der Waals surface area contributed by atoms with Crippen molar-refractivity contribution in [3.8, 4) is 0 Å². The number of hydrogen-bond donors (Lipinski definition) is 1. The third-order valence-corrected chi connectivity index (χ3v) is 0. The number of rotatable bonds is 0. The van der Waals surface area contributed by atoms with Gasteiger partial charge in [-0.05, 0) is 6.20 Å². The standard InChI is InChI=1S/C2H5N.4C2H4/c1-2-3;4*1-2/h2H,1,3H2;4*1-2H2. The van der Waals surface area contributed by atoms with Crippen LogP contribution in [0.3, 0.4) is 0 Å². The van der Waals surface area contributed by atoms with E-state index in [0.29, 0.717) is 0 Å². The van der Waals surface area contributed by atoms with Gasteiger partial charge in [0.05, 0.1) is 0 Å². The van der Waals surface area contributed by atoms with Crippen LogP contribution in [0.5, 0.6) is 0 Å². The van der Waals surface area contributed by atoms with Gasteiger partial charge in [-0.1, -0.05) is 6.58 Å². The highest BCUT2D eigenvalue weighted by Gasteiger charge is 1.09. The summed E-state index contributed by atoms with van der Waals surface area (Å²) in [4.78, 5) is 0. The lowest BCUT2D eigenvalue weighted by molar-refractivity contribution is 1.64. The van der Waals surface area contributed by atoms with Crippen LogP contribution in [0.25, 0.3) is 0 Å². The van der Waals surface area contributed by atoms with Crippen molar-refractivity contribution in [3.05, 3.63) is 65.4 Å². The van der Waals surface area contributed by atoms with Gasteiger partial charge in [-0.2, -0.15) is 0 Å². The highest BCUT2D eigenvalue weighted by atomic mass is 14.5. The van der Waals surface area contributed by atoms with Gasteiger partial charge in [0.15, 0.2) is 0 Å². The zero-order chi connectivity index (χ0) is 10.7. The molecular weight excluding hydrogens is 134 g/mol. The molecule has 0 unspecified atom stereocenters. The monoisotopic (exact) mass is 155 g/mol. The Labute approximate surface area is 71.9 Å². The van der Waals surface area contributed by atoms with Crippen molar-refractivity contribution in [2.24, 2.45) is 5.73 Å². The van der Waals surface area contributed by atoms with Gasteiger partial charge >= 0.3 is 0 Å². The quantitative estimate of drug-likeness (QED) is 0.534. The van der Waals surface area contributed by atoms with Crippen LogP contribution in [0, 0.1) is 0 Å². The lowest BCUT2D eigenvalue weighted by Crippen LogP contribution is -1.67. The fourth-order valence-corrected chi connectivity index (χ4v) is 0. The first-order valence-electron chi connectivity index (χ1n) is 2.74. The van der Waals surface area contributed by atoms with Crippen molar-refractivity contribution in [3.63, 3.8) is 0 Å². The predicted molar refractivity (Wildman–Crippen MR) is 59.4 cm³/mol. The Balaban J connectivity index is -0.0000000139. The summed E-state index contributed by atoms with van der Waals surface area (Å²) in [6.07, 6.45) is 1.25. The molecule has 0 aliphatic carbocycles. The van der Waals surface area contributed by atoms with E-state index in [-0.39, 0.29) is 0 Å². The van der Waals surface area contributed by atoms with Gasteiger partial charge in [-0.15, -0.1) is 52.6 Å². The van der Waals surface area contributed by atoms with Crippen molar-refractivity contribution in [1.29, 1.82) is 0 Å². The summed E-state index contributed by atoms with van der Waals surface area (Å²) in [6.45, 7) is 27.1. The Kier molecular flexibility index (Phi) is 5890. The minimum Gasteiger partial charge on any atom is -0.405 e. The van der Waals surface area contributed by atoms with Gasteiger partial charge < -0.3 is 5.73 Å². The molecule has 0 aromatic heterocycles. The van der Waals surface area contributed by atoms with Crippen LogP contribution in [-0.4, -0.2) is 0 Å². The molecule has 0 bridgehead atoms. The molecule has 0 fully saturated rings. The van der Waals surface area contributed by atoms with E-state index in [1.165, 1.54) is 6.20 Å². The molecule has 0 radical (unpaired) electrons. The molecule has 11 heavy (non-hydrogen) atoms. The summed E-state index contributed by atoms with van der Waals surface area (Å²) in [6, 6.07) is 0. The van der Waals surface area contributed by atoms with E-state index >= 15 is 0 Å². The average molecular weight is 155 g/mol. The van der Waals surface area contributed by atoms with Crippen molar-refractivity contribution in [2.75, 3.05) is 0 Å². The van der Waals surface area contributed by atoms with E-state index in [1.54, 1.807) is 0 Å². The molecule has 1 heteroatoms. The summed E-state index contributed by atoms with van der Waals surface area (Å²) >= 11 is 0. The second-order valence-electron chi connectivity index (χ2n) is 0.236. The molecule has 0 aliphatic rings. The van der Waals surface area contributed by atoms with Crippen LogP contribution in [0.1, 0.15) is 0 Å². The molecule has 0 saturated heterocycles. The molecule has 2 N–H and O–H groups in total. The smallest absolute Gasteiger partial charge is 0.0136 e. The zero-order valence-corrected chi connectivity index (χ0v) is 7.52. The Morgan fingerprint density at radius 3 is 0.636 bits per heavy atom. The van der Waals surface area contributed by atoms with Crippen LogP contribution in [-0.2, 0) is 0 Å². The van der Waals surface area contributed by atoms with Crippen LogP contribution < -0.4 is 5.73 Å². The maximum Gasteiger partial charge on any atom is -0.0136 e. The molecule has 0 rings (SSSR count). The van der Waals surface area contributed by atoms with Gasteiger partial charge in [0.1, 0.15) is 0 Å². The molecule has 0 aromatic rings. The summed E-state index contributed by atoms with van der Waals surface area (Å²) in [5, 5.41) is 0. The maximum absolute atomic E-state index is 4.61. The topological polar surface area (TPSA) is 26.0 Å². The van der Waals surface area contributed by atoms with E-state index in [9.17, 15) is 0 Å². The van der Waals surface area contributed by atoms with Gasteiger partial charge in [-0.3, -0.25) is 0 Å². The second kappa shape index (κ2) is 1910. The zero-order valence-electron chi connectivity index (χ0n) is 7.52. The van der Waals surface area contributed by atoms with Crippen LogP contribution in [0.2, 0.25) is 0 Å². The van der Waals surface area contributed by atoms with Crippen molar-refractivity contribution >= 4 is 0 Å². The van der Waals surface area contributed by atoms with E-state index in [0.717, 1.165) is 0 Å². The third kappa shape index (κ3) is 160. The van der Waals surface area contributed by atoms with Crippen molar-refractivity contribution in [1.82, 2.24) is 0 Å². The van der Waals surface area contributed by atoms with E-state index < -0.39 is 0 Å². The molecule has 1 nitrogen and oxygen atoms in total. The molecule has 0 spiro atoms. The Hall–Kier alpha value is -1.50. The maximum atomic E-state index is 4.61. The number of hydrogen-bond acceptors (Lipinski definition) is 1. The minimum atomic E-state index is 1.25. The van der Waals surface area contributed by atoms with Gasteiger partial charge in [-0.25, -0.2) is 0 Å². The summed E-state index contributed by atoms with van der Waals surface area (Å²) in [5.74, 6) is 0. The van der Waals surface area contributed by atoms with Crippen molar-refractivity contribution in [2.45, 2.75) is 0 Å². The van der Waals surface area contributed by atoms with Gasteiger partial charge in [0.25, 0.3) is 0 Å². The fourth-order valence-electron chi connectivity index (χ4n) is 0. The molecule has 66 valence electrons. The normalized spacial score (nSPS) is 2.55. The Morgan fingerprint density at radius 1 is 0.636 bits per heavy atom. The molecule has 0 amide bonds. The van der Waals surface area contributed by atoms with E-state index in [1.807, 2.05) is 0 Å². The van der Waals surface area contributed by atoms with Crippen molar-refractivity contribution < 1.29 is 0 Å². The molecule has 0 aromatic carbocycles. The first-order valence-corrected chi connectivity index (χ1v) is 2.74. The molecular formula is C10H21N. The second-order valence-corrected chi connectivity index (χ2v) is 0.236. The number of nitrogens with two attached hydrogens (primary N) is 1. The molecule has 0 aliphatic heterocycles. The summed E-state index contributed by atoms with van der Waals surface area (Å²) in [7, 11) is 0. The lowest BCUT2D eigenvalue weighted by atomic mass is 11.1. The van der Waals surface area contributed by atoms with E-state index in [2.05, 4.69) is 64.9 Å². The van der Waals surface area contributed by atoms with Crippen LogP contribution >= 0.6 is 0 Å². The highest BCUT2D eigenvalue weighted by molar-refractivity contribution is 4.48. The lowest BCUT2D eigenvalue weighted by Gasteiger charge is -1.40. The van der Waals surface area contributed by atoms with Gasteiger partial charge in [0.2, 0.25) is 0 Å². The van der Waals surface area contributed by atoms with Crippen LogP contribution in [0.4, 0.5) is 0 Å². The summed E-state index contributed by atoms with van der Waals surface area (Å²) in [5.41, 5.74) is 4.61. The first-order chi connectivity index (χ1) is 5.41. The molecule has 0 saturated carbocycles. The Morgan fingerprint density at radius 2 is 0.636 bits per heavy atom. The largest absolute Gasteiger partial charge is 0.405 e. The highest BCUT2D eigenvalue weighted by Crippen LogP contribution is 1.13. The Bertz CT molecular complexity index is 34.1. The molecule has 0 atom stereocenters. The molecule has 0 heterocycles. The average Bonchev–Trinajstić information content (AvgIpc) is 2.18. The minimum absolute atomic E-state index is 1.25. The fraction of sp³-hybridized carbons (Fsp3) is 0. The van der Waals surface area contributed by atoms with E-state index in [4.69, 9.17) is 0 Å². The van der Waals surface area contributed by atoms with Gasteiger partial charge in [0, 0.05) is 0 Å². The predicted octanol–water partition coefficient (Wildman–Crippen LogP) is 3.30.